The van der Waals surface area contributed by atoms with Crippen molar-refractivity contribution in [2.45, 2.75) is 38.4 Å². The van der Waals surface area contributed by atoms with Crippen LogP contribution in [0.4, 0.5) is 0 Å². The molecule has 1 aromatic rings. The van der Waals surface area contributed by atoms with Gasteiger partial charge in [0.25, 0.3) is 0 Å². The Morgan fingerprint density at radius 1 is 1.56 bits per heavy atom. The highest BCUT2D eigenvalue weighted by atomic mass is 15.3. The van der Waals surface area contributed by atoms with E-state index in [1.807, 2.05) is 18.3 Å². The summed E-state index contributed by atoms with van der Waals surface area (Å²) in [6.45, 7) is 7.11. The molecule has 0 saturated carbocycles. The number of nitrogens with zero attached hydrogens (tertiary/aromatic N) is 3. The zero-order chi connectivity index (χ0) is 13.0. The van der Waals surface area contributed by atoms with Crippen LogP contribution in [-0.4, -0.2) is 34.6 Å². The van der Waals surface area contributed by atoms with Gasteiger partial charge in [-0.05, 0) is 26.0 Å². The maximum absolute atomic E-state index is 8.80. The van der Waals surface area contributed by atoms with Crippen molar-refractivity contribution in [3.05, 3.63) is 30.1 Å². The monoisotopic (exact) mass is 244 g/mol. The van der Waals surface area contributed by atoms with Crippen LogP contribution in [0.2, 0.25) is 0 Å². The van der Waals surface area contributed by atoms with Gasteiger partial charge in [0.15, 0.2) is 0 Å². The van der Waals surface area contributed by atoms with Crippen LogP contribution in [-0.2, 0) is 6.54 Å². The van der Waals surface area contributed by atoms with Crippen LogP contribution in [0.5, 0.6) is 0 Å². The van der Waals surface area contributed by atoms with Gasteiger partial charge in [0.2, 0.25) is 0 Å². The highest BCUT2D eigenvalue weighted by molar-refractivity contribution is 5.06. The molecule has 2 heterocycles. The molecule has 0 spiro atoms. The number of piperazine rings is 1. The summed E-state index contributed by atoms with van der Waals surface area (Å²) in [5.41, 5.74) is 1.19. The highest BCUT2D eigenvalue weighted by Gasteiger charge is 2.33. The summed E-state index contributed by atoms with van der Waals surface area (Å²) in [6.07, 6.45) is 2.39. The smallest absolute Gasteiger partial charge is 0.0638 e. The van der Waals surface area contributed by atoms with Crippen LogP contribution in [0, 0.1) is 11.3 Å². The fourth-order valence-corrected chi connectivity index (χ4v) is 2.30. The van der Waals surface area contributed by atoms with Crippen molar-refractivity contribution in [1.82, 2.24) is 15.2 Å². The third-order valence-corrected chi connectivity index (χ3v) is 3.54. The van der Waals surface area contributed by atoms with Gasteiger partial charge in [0.05, 0.1) is 18.2 Å². The third-order valence-electron chi connectivity index (χ3n) is 3.54. The summed E-state index contributed by atoms with van der Waals surface area (Å²) in [4.78, 5) is 6.79. The number of nitrogens with one attached hydrogen (secondary N) is 1. The molecule has 0 bridgehead atoms. The first-order valence-corrected chi connectivity index (χ1v) is 6.37. The van der Waals surface area contributed by atoms with Gasteiger partial charge in [0.1, 0.15) is 0 Å². The maximum atomic E-state index is 8.80. The predicted molar refractivity (Wildman–Crippen MR) is 70.7 cm³/mol. The Labute approximate surface area is 109 Å². The SMILES string of the molecule is CC1(C)CNC(CC#N)CN1Cc1ccccn1. The van der Waals surface area contributed by atoms with Gasteiger partial charge >= 0.3 is 0 Å². The van der Waals surface area contributed by atoms with Crippen molar-refractivity contribution < 1.29 is 0 Å². The van der Waals surface area contributed by atoms with Gasteiger partial charge in [-0.3, -0.25) is 9.88 Å². The van der Waals surface area contributed by atoms with E-state index in [9.17, 15) is 0 Å². The van der Waals surface area contributed by atoms with E-state index in [4.69, 9.17) is 5.26 Å². The Morgan fingerprint density at radius 3 is 3.06 bits per heavy atom. The van der Waals surface area contributed by atoms with Crippen LogP contribution < -0.4 is 5.32 Å². The van der Waals surface area contributed by atoms with Crippen molar-refractivity contribution in [2.75, 3.05) is 13.1 Å². The van der Waals surface area contributed by atoms with E-state index in [0.29, 0.717) is 6.42 Å². The molecule has 0 amide bonds. The fourth-order valence-electron chi connectivity index (χ4n) is 2.30. The highest BCUT2D eigenvalue weighted by Crippen LogP contribution is 2.21. The standard InChI is InChI=1S/C14H20N4/c1-14(2)11-17-13(6-7-15)10-18(14)9-12-5-3-4-8-16-12/h3-5,8,13,17H,6,9-11H2,1-2H3. The molecule has 0 aliphatic carbocycles. The van der Waals surface area contributed by atoms with Gasteiger partial charge in [-0.1, -0.05) is 6.07 Å². The molecule has 0 aromatic carbocycles. The van der Waals surface area contributed by atoms with Crippen LogP contribution in [0.25, 0.3) is 0 Å². The van der Waals surface area contributed by atoms with Gasteiger partial charge in [-0.25, -0.2) is 0 Å². The first-order valence-electron chi connectivity index (χ1n) is 6.37. The van der Waals surface area contributed by atoms with Gasteiger partial charge in [0, 0.05) is 37.4 Å². The van der Waals surface area contributed by atoms with E-state index in [-0.39, 0.29) is 11.6 Å². The second-order valence-electron chi connectivity index (χ2n) is 5.45. The Bertz CT molecular complexity index is 421. The van der Waals surface area contributed by atoms with E-state index in [0.717, 1.165) is 25.3 Å². The summed E-state index contributed by atoms with van der Waals surface area (Å²) in [5.74, 6) is 0. The fraction of sp³-hybridized carbons (Fsp3) is 0.571. The average Bonchev–Trinajstić information content (AvgIpc) is 2.35. The second-order valence-corrected chi connectivity index (χ2v) is 5.45. The van der Waals surface area contributed by atoms with Gasteiger partial charge in [-0.15, -0.1) is 0 Å². The van der Waals surface area contributed by atoms with Crippen LogP contribution in [0.15, 0.2) is 24.4 Å². The first-order chi connectivity index (χ1) is 8.62. The number of aromatic nitrogens is 1. The number of nitriles is 1. The Balaban J connectivity index is 2.06. The number of pyridine rings is 1. The largest absolute Gasteiger partial charge is 0.310 e. The van der Waals surface area contributed by atoms with Crippen molar-refractivity contribution in [3.8, 4) is 6.07 Å². The quantitative estimate of drug-likeness (QED) is 0.876. The first kappa shape index (κ1) is 13.0. The lowest BCUT2D eigenvalue weighted by Gasteiger charge is -2.45. The van der Waals surface area contributed by atoms with Crippen molar-refractivity contribution in [3.63, 3.8) is 0 Å². The van der Waals surface area contributed by atoms with Gasteiger partial charge in [-0.2, -0.15) is 5.26 Å². The van der Waals surface area contributed by atoms with Crippen LogP contribution >= 0.6 is 0 Å². The molecule has 1 N–H and O–H groups in total. The molecule has 1 fully saturated rings. The molecule has 1 unspecified atom stereocenters. The summed E-state index contributed by atoms with van der Waals surface area (Å²) >= 11 is 0. The van der Waals surface area contributed by atoms with E-state index in [2.05, 4.69) is 41.2 Å². The zero-order valence-corrected chi connectivity index (χ0v) is 11.1. The van der Waals surface area contributed by atoms with Crippen molar-refractivity contribution in [2.24, 2.45) is 0 Å². The van der Waals surface area contributed by atoms with E-state index >= 15 is 0 Å². The molecule has 1 saturated heterocycles. The normalized spacial score (nSPS) is 23.5. The lowest BCUT2D eigenvalue weighted by Crippen LogP contribution is -2.61. The molecule has 4 nitrogen and oxygen atoms in total. The van der Waals surface area contributed by atoms with Crippen LogP contribution in [0.3, 0.4) is 0 Å². The second kappa shape index (κ2) is 5.47. The van der Waals surface area contributed by atoms with E-state index in [1.165, 1.54) is 0 Å². The molecule has 0 radical (unpaired) electrons. The zero-order valence-electron chi connectivity index (χ0n) is 11.1. The summed E-state index contributed by atoms with van der Waals surface area (Å²) in [7, 11) is 0. The van der Waals surface area contributed by atoms with E-state index < -0.39 is 0 Å². The molecule has 1 aliphatic rings. The molecule has 18 heavy (non-hydrogen) atoms. The molecule has 96 valence electrons. The third kappa shape index (κ3) is 3.06. The minimum atomic E-state index is 0.101. The topological polar surface area (TPSA) is 52.0 Å². The maximum Gasteiger partial charge on any atom is 0.0638 e. The molecule has 1 aromatic heterocycles. The minimum absolute atomic E-state index is 0.101. The Kier molecular flexibility index (Phi) is 3.95. The van der Waals surface area contributed by atoms with Crippen molar-refractivity contribution >= 4 is 0 Å². The molecular formula is C14H20N4. The number of hydrogen-bond acceptors (Lipinski definition) is 4. The molecule has 2 rings (SSSR count). The lowest BCUT2D eigenvalue weighted by atomic mass is 9.96. The summed E-state index contributed by atoms with van der Waals surface area (Å²) in [6, 6.07) is 8.52. The summed E-state index contributed by atoms with van der Waals surface area (Å²) in [5, 5.41) is 12.2. The minimum Gasteiger partial charge on any atom is -0.310 e. The Hall–Kier alpha value is -1.44. The molecular weight excluding hydrogens is 224 g/mol. The lowest BCUT2D eigenvalue weighted by molar-refractivity contribution is 0.0584. The van der Waals surface area contributed by atoms with Crippen LogP contribution in [0.1, 0.15) is 26.0 Å². The average molecular weight is 244 g/mol. The molecule has 1 aliphatic heterocycles. The summed E-state index contributed by atoms with van der Waals surface area (Å²) < 4.78 is 0. The molecule has 1 atom stereocenters. The van der Waals surface area contributed by atoms with Crippen molar-refractivity contribution in [1.29, 1.82) is 5.26 Å². The number of hydrogen-bond donors (Lipinski definition) is 1. The Morgan fingerprint density at radius 2 is 2.39 bits per heavy atom. The predicted octanol–water partition coefficient (Wildman–Crippen LogP) is 1.55. The van der Waals surface area contributed by atoms with Gasteiger partial charge < -0.3 is 5.32 Å². The number of rotatable bonds is 3. The van der Waals surface area contributed by atoms with E-state index in [1.54, 1.807) is 0 Å². The molecule has 4 heteroatoms.